The van der Waals surface area contributed by atoms with E-state index in [-0.39, 0.29) is 6.42 Å². The molecule has 1 amide bonds. The molecule has 104 valence electrons. The first-order valence-electron chi connectivity index (χ1n) is 5.10. The molecule has 2 rings (SSSR count). The number of rotatable bonds is 2. The Morgan fingerprint density at radius 2 is 2.05 bits per heavy atom. The normalized spacial score (nSPS) is 21.0. The molecule has 0 saturated heterocycles. The number of pyridine rings is 1. The lowest BCUT2D eigenvalue weighted by atomic mass is 10.2. The van der Waals surface area contributed by atoms with Crippen molar-refractivity contribution in [1.29, 1.82) is 0 Å². The molecule has 1 aliphatic carbocycles. The third-order valence-corrected chi connectivity index (χ3v) is 3.47. The number of carbonyl (C=O) groups is 1. The van der Waals surface area contributed by atoms with E-state index in [1.807, 2.05) is 4.98 Å². The van der Waals surface area contributed by atoms with Crippen LogP contribution in [0.1, 0.15) is 12.0 Å². The molecule has 1 fully saturated rings. The first-order valence-corrected chi connectivity index (χ1v) is 5.85. The molecule has 0 spiro atoms. The van der Waals surface area contributed by atoms with Crippen LogP contribution in [0.5, 0.6) is 0 Å². The third kappa shape index (κ3) is 3.03. The van der Waals surface area contributed by atoms with E-state index in [9.17, 15) is 22.8 Å². The fourth-order valence-electron chi connectivity index (χ4n) is 1.46. The smallest absolute Gasteiger partial charge is 0.327 e. The highest BCUT2D eigenvalue weighted by atomic mass is 35.5. The number of amides is 1. The van der Waals surface area contributed by atoms with Crippen LogP contribution in [0.3, 0.4) is 0 Å². The Morgan fingerprint density at radius 3 is 2.53 bits per heavy atom. The highest BCUT2D eigenvalue weighted by molar-refractivity contribution is 6.52. The van der Waals surface area contributed by atoms with Gasteiger partial charge < -0.3 is 10.3 Å². The standard InChI is InChI=1S/C10H7Cl2F3N2O2/c11-9(12)2-5(9)7(18)17-6-1-4(10(13,14)15)3-16-8(6)19/h1,3,5H,2H2,(H,16,19)(H,17,18)/t5-/m1/s1. The summed E-state index contributed by atoms with van der Waals surface area (Å²) in [6.45, 7) is 0. The van der Waals surface area contributed by atoms with Gasteiger partial charge in [-0.3, -0.25) is 9.59 Å². The van der Waals surface area contributed by atoms with Crippen molar-refractivity contribution in [2.45, 2.75) is 16.9 Å². The fraction of sp³-hybridized carbons (Fsp3) is 0.400. The number of aromatic amines is 1. The second-order valence-corrected chi connectivity index (χ2v) is 5.68. The maximum absolute atomic E-state index is 12.5. The first-order chi connectivity index (χ1) is 8.61. The molecule has 2 N–H and O–H groups in total. The third-order valence-electron chi connectivity index (χ3n) is 2.63. The van der Waals surface area contributed by atoms with Crippen molar-refractivity contribution in [2.24, 2.45) is 5.92 Å². The van der Waals surface area contributed by atoms with Crippen LogP contribution in [0, 0.1) is 5.92 Å². The van der Waals surface area contributed by atoms with Gasteiger partial charge in [-0.2, -0.15) is 13.2 Å². The molecule has 0 bridgehead atoms. The lowest BCUT2D eigenvalue weighted by Gasteiger charge is -2.09. The van der Waals surface area contributed by atoms with Gasteiger partial charge in [0, 0.05) is 6.20 Å². The Bertz CT molecular complexity index is 583. The van der Waals surface area contributed by atoms with Gasteiger partial charge in [0.15, 0.2) is 0 Å². The van der Waals surface area contributed by atoms with Gasteiger partial charge in [0.2, 0.25) is 5.91 Å². The summed E-state index contributed by atoms with van der Waals surface area (Å²) in [6.07, 6.45) is -3.90. The number of halogens is 5. The molecule has 1 aromatic heterocycles. The number of hydrogen-bond donors (Lipinski definition) is 2. The molecule has 1 aromatic rings. The molecule has 0 unspecified atom stereocenters. The number of hydrogen-bond acceptors (Lipinski definition) is 2. The van der Waals surface area contributed by atoms with Gasteiger partial charge >= 0.3 is 6.18 Å². The lowest BCUT2D eigenvalue weighted by Crippen LogP contribution is -2.23. The fourth-order valence-corrected chi connectivity index (χ4v) is 1.96. The molecule has 1 heterocycles. The number of anilines is 1. The van der Waals surface area contributed by atoms with Crippen molar-refractivity contribution >= 4 is 34.8 Å². The van der Waals surface area contributed by atoms with E-state index in [4.69, 9.17) is 23.2 Å². The zero-order chi connectivity index (χ0) is 14.4. The largest absolute Gasteiger partial charge is 0.417 e. The minimum absolute atomic E-state index is 0.193. The van der Waals surface area contributed by atoms with Crippen LogP contribution >= 0.6 is 23.2 Å². The molecule has 9 heteroatoms. The Balaban J connectivity index is 2.21. The second-order valence-electron chi connectivity index (χ2n) is 4.14. The van der Waals surface area contributed by atoms with Gasteiger partial charge in [-0.25, -0.2) is 0 Å². The van der Waals surface area contributed by atoms with Crippen molar-refractivity contribution in [3.63, 3.8) is 0 Å². The summed E-state index contributed by atoms with van der Waals surface area (Å²) in [5, 5.41) is 2.09. The van der Waals surface area contributed by atoms with Crippen molar-refractivity contribution < 1.29 is 18.0 Å². The topological polar surface area (TPSA) is 62.0 Å². The van der Waals surface area contributed by atoms with E-state index in [0.29, 0.717) is 12.3 Å². The Morgan fingerprint density at radius 1 is 1.47 bits per heavy atom. The minimum Gasteiger partial charge on any atom is -0.327 e. The zero-order valence-electron chi connectivity index (χ0n) is 9.15. The molecule has 1 saturated carbocycles. The van der Waals surface area contributed by atoms with Gasteiger partial charge in [-0.05, 0) is 12.5 Å². The predicted octanol–water partition coefficient (Wildman–Crippen LogP) is 2.53. The van der Waals surface area contributed by atoms with E-state index in [1.54, 1.807) is 0 Å². The minimum atomic E-state index is -4.62. The van der Waals surface area contributed by atoms with E-state index >= 15 is 0 Å². The van der Waals surface area contributed by atoms with E-state index in [2.05, 4.69) is 5.32 Å². The molecular weight excluding hydrogens is 308 g/mol. The molecule has 0 aliphatic heterocycles. The maximum Gasteiger partial charge on any atom is 0.417 e. The van der Waals surface area contributed by atoms with Gasteiger partial charge in [-0.1, -0.05) is 0 Å². The summed E-state index contributed by atoms with van der Waals surface area (Å²) in [4.78, 5) is 24.8. The zero-order valence-corrected chi connectivity index (χ0v) is 10.7. The number of nitrogens with one attached hydrogen (secondary N) is 2. The van der Waals surface area contributed by atoms with Crippen LogP contribution < -0.4 is 10.9 Å². The van der Waals surface area contributed by atoms with Crippen molar-refractivity contribution in [1.82, 2.24) is 4.98 Å². The van der Waals surface area contributed by atoms with E-state index < -0.39 is 39.1 Å². The summed E-state index contributed by atoms with van der Waals surface area (Å²) >= 11 is 11.3. The van der Waals surface area contributed by atoms with Crippen LogP contribution in [0.25, 0.3) is 0 Å². The highest BCUT2D eigenvalue weighted by Crippen LogP contribution is 2.53. The molecule has 1 aliphatic rings. The van der Waals surface area contributed by atoms with Gasteiger partial charge in [-0.15, -0.1) is 23.2 Å². The number of alkyl halides is 5. The van der Waals surface area contributed by atoms with Crippen LogP contribution in [0.2, 0.25) is 0 Å². The highest BCUT2D eigenvalue weighted by Gasteiger charge is 2.56. The average Bonchev–Trinajstić information content (AvgIpc) is 2.89. The first kappa shape index (κ1) is 14.2. The monoisotopic (exact) mass is 314 g/mol. The summed E-state index contributed by atoms with van der Waals surface area (Å²) in [5.41, 5.74) is -2.39. The Kier molecular flexibility index (Phi) is 3.30. The maximum atomic E-state index is 12.5. The van der Waals surface area contributed by atoms with E-state index in [1.165, 1.54) is 0 Å². The molecule has 0 radical (unpaired) electrons. The number of H-pyrrole nitrogens is 1. The van der Waals surface area contributed by atoms with Gasteiger partial charge in [0.05, 0.1) is 11.5 Å². The average molecular weight is 315 g/mol. The Hall–Kier alpha value is -1.21. The molecule has 0 aromatic carbocycles. The van der Waals surface area contributed by atoms with E-state index in [0.717, 1.165) is 0 Å². The summed E-state index contributed by atoms with van der Waals surface area (Å²) in [7, 11) is 0. The van der Waals surface area contributed by atoms with Crippen molar-refractivity contribution in [2.75, 3.05) is 5.32 Å². The van der Waals surface area contributed by atoms with Crippen LogP contribution in [-0.2, 0) is 11.0 Å². The van der Waals surface area contributed by atoms with Crippen LogP contribution in [0.15, 0.2) is 17.1 Å². The lowest BCUT2D eigenvalue weighted by molar-refractivity contribution is -0.137. The van der Waals surface area contributed by atoms with Gasteiger partial charge in [0.1, 0.15) is 10.0 Å². The van der Waals surface area contributed by atoms with Crippen LogP contribution in [0.4, 0.5) is 18.9 Å². The summed E-state index contributed by atoms with van der Waals surface area (Å²) < 4.78 is 36.2. The molecule has 1 atom stereocenters. The predicted molar refractivity (Wildman–Crippen MR) is 63.2 cm³/mol. The molecule has 4 nitrogen and oxygen atoms in total. The van der Waals surface area contributed by atoms with Crippen molar-refractivity contribution in [3.8, 4) is 0 Å². The SMILES string of the molecule is O=C(Nc1cc(C(F)(F)F)c[nH]c1=O)[C@H]1CC1(Cl)Cl. The summed E-state index contributed by atoms with van der Waals surface area (Å²) in [5.74, 6) is -1.42. The summed E-state index contributed by atoms with van der Waals surface area (Å²) in [6, 6.07) is 0.559. The number of carbonyl (C=O) groups excluding carboxylic acids is 1. The molecule has 19 heavy (non-hydrogen) atoms. The molecular formula is C10H7Cl2F3N2O2. The van der Waals surface area contributed by atoms with Gasteiger partial charge in [0.25, 0.3) is 5.56 Å². The second kappa shape index (κ2) is 4.42. The number of aromatic nitrogens is 1. The van der Waals surface area contributed by atoms with Crippen molar-refractivity contribution in [3.05, 3.63) is 28.2 Å². The Labute approximate surface area is 114 Å². The van der Waals surface area contributed by atoms with Crippen LogP contribution in [-0.4, -0.2) is 15.2 Å². The quantitative estimate of drug-likeness (QED) is 0.824.